The van der Waals surface area contributed by atoms with Crippen LogP contribution in [0.15, 0.2) is 36.0 Å². The molecule has 4 nitrogen and oxygen atoms in total. The van der Waals surface area contributed by atoms with E-state index in [4.69, 9.17) is 28.0 Å². The van der Waals surface area contributed by atoms with Gasteiger partial charge in [-0.05, 0) is 12.1 Å². The standard InChI is InChI=1S/C13H12Cl2N2O2/c1-2-5-16-13(18)12-7-11(17-19-12)8-3-4-9(14)10(15)6-8/h2-4,6,12H,1,5,7H2,(H,16,18)/t12-/m0/s1. The van der Waals surface area contributed by atoms with E-state index in [0.717, 1.165) is 5.56 Å². The molecule has 1 N–H and O–H groups in total. The maximum atomic E-state index is 11.7. The van der Waals surface area contributed by atoms with E-state index in [1.165, 1.54) is 0 Å². The van der Waals surface area contributed by atoms with Crippen LogP contribution in [-0.2, 0) is 9.63 Å². The second kappa shape index (κ2) is 6.08. The third-order valence-corrected chi connectivity index (χ3v) is 3.37. The van der Waals surface area contributed by atoms with Crippen LogP contribution in [0.25, 0.3) is 0 Å². The highest BCUT2D eigenvalue weighted by Crippen LogP contribution is 2.25. The molecular weight excluding hydrogens is 287 g/mol. The van der Waals surface area contributed by atoms with Crippen LogP contribution >= 0.6 is 23.2 Å². The Bertz CT molecular complexity index is 543. The maximum absolute atomic E-state index is 11.7. The largest absolute Gasteiger partial charge is 0.382 e. The van der Waals surface area contributed by atoms with Gasteiger partial charge in [0.2, 0.25) is 6.10 Å². The maximum Gasteiger partial charge on any atom is 0.264 e. The van der Waals surface area contributed by atoms with Crippen molar-refractivity contribution in [3.63, 3.8) is 0 Å². The van der Waals surface area contributed by atoms with E-state index >= 15 is 0 Å². The summed E-state index contributed by atoms with van der Waals surface area (Å²) in [5, 5.41) is 7.50. The fourth-order valence-corrected chi connectivity index (χ4v) is 1.95. The van der Waals surface area contributed by atoms with Crippen LogP contribution in [0.5, 0.6) is 0 Å². The van der Waals surface area contributed by atoms with Crippen molar-refractivity contribution >= 4 is 34.8 Å². The molecule has 0 bridgehead atoms. The third kappa shape index (κ3) is 3.28. The van der Waals surface area contributed by atoms with Crippen LogP contribution in [0.3, 0.4) is 0 Å². The summed E-state index contributed by atoms with van der Waals surface area (Å²) < 4.78 is 0. The van der Waals surface area contributed by atoms with Crippen LogP contribution in [0, 0.1) is 0 Å². The first-order valence-corrected chi connectivity index (χ1v) is 6.44. The fourth-order valence-electron chi connectivity index (χ4n) is 1.65. The summed E-state index contributed by atoms with van der Waals surface area (Å²) in [5.41, 5.74) is 1.48. The van der Waals surface area contributed by atoms with Crippen molar-refractivity contribution < 1.29 is 9.63 Å². The lowest BCUT2D eigenvalue weighted by Gasteiger charge is -2.07. The number of benzene rings is 1. The molecule has 1 heterocycles. The lowest BCUT2D eigenvalue weighted by Crippen LogP contribution is -2.34. The molecule has 0 radical (unpaired) electrons. The predicted octanol–water partition coefficient (Wildman–Crippen LogP) is 2.79. The van der Waals surface area contributed by atoms with E-state index in [0.29, 0.717) is 28.7 Å². The summed E-state index contributed by atoms with van der Waals surface area (Å²) in [7, 11) is 0. The Morgan fingerprint density at radius 2 is 2.32 bits per heavy atom. The van der Waals surface area contributed by atoms with Gasteiger partial charge in [-0.3, -0.25) is 4.79 Å². The molecule has 0 aliphatic carbocycles. The monoisotopic (exact) mass is 298 g/mol. The molecule has 1 aliphatic rings. The first-order chi connectivity index (χ1) is 9.11. The molecule has 0 saturated carbocycles. The van der Waals surface area contributed by atoms with E-state index in [1.54, 1.807) is 24.3 Å². The number of nitrogens with one attached hydrogen (secondary N) is 1. The lowest BCUT2D eigenvalue weighted by atomic mass is 10.0. The zero-order valence-electron chi connectivity index (χ0n) is 10.0. The SMILES string of the molecule is C=CCNC(=O)[C@@H]1CC(c2ccc(Cl)c(Cl)c2)=NO1. The molecule has 100 valence electrons. The molecule has 2 rings (SSSR count). The number of rotatable bonds is 4. The van der Waals surface area contributed by atoms with Gasteiger partial charge in [0.15, 0.2) is 0 Å². The summed E-state index contributed by atoms with van der Waals surface area (Å²) in [6.45, 7) is 3.93. The molecule has 1 aromatic carbocycles. The Morgan fingerprint density at radius 1 is 1.53 bits per heavy atom. The number of amides is 1. The third-order valence-electron chi connectivity index (χ3n) is 2.63. The number of halogens is 2. The molecule has 0 unspecified atom stereocenters. The van der Waals surface area contributed by atoms with Crippen molar-refractivity contribution in [3.05, 3.63) is 46.5 Å². The van der Waals surface area contributed by atoms with Crippen LogP contribution in [0.4, 0.5) is 0 Å². The molecule has 0 spiro atoms. The van der Waals surface area contributed by atoms with Gasteiger partial charge in [0.05, 0.1) is 15.8 Å². The van der Waals surface area contributed by atoms with E-state index in [-0.39, 0.29) is 5.91 Å². The average Bonchev–Trinajstić information content (AvgIpc) is 2.89. The number of hydrogen-bond donors (Lipinski definition) is 1. The van der Waals surface area contributed by atoms with E-state index < -0.39 is 6.10 Å². The predicted molar refractivity (Wildman–Crippen MR) is 75.7 cm³/mol. The number of carbonyl (C=O) groups excluding carboxylic acids is 1. The lowest BCUT2D eigenvalue weighted by molar-refractivity contribution is -0.130. The summed E-state index contributed by atoms with van der Waals surface area (Å²) in [5.74, 6) is -0.210. The highest BCUT2D eigenvalue weighted by Gasteiger charge is 2.28. The highest BCUT2D eigenvalue weighted by molar-refractivity contribution is 6.42. The van der Waals surface area contributed by atoms with Gasteiger partial charge in [0.25, 0.3) is 5.91 Å². The van der Waals surface area contributed by atoms with E-state index in [2.05, 4.69) is 17.1 Å². The van der Waals surface area contributed by atoms with Crippen LogP contribution in [0.1, 0.15) is 12.0 Å². The summed E-state index contributed by atoms with van der Waals surface area (Å²) in [6, 6.07) is 5.18. The number of hydrogen-bond acceptors (Lipinski definition) is 3. The molecule has 0 fully saturated rings. The topological polar surface area (TPSA) is 50.7 Å². The van der Waals surface area contributed by atoms with Crippen molar-refractivity contribution in [2.45, 2.75) is 12.5 Å². The summed E-state index contributed by atoms with van der Waals surface area (Å²) in [6.07, 6.45) is 1.40. The van der Waals surface area contributed by atoms with Crippen LogP contribution < -0.4 is 5.32 Å². The van der Waals surface area contributed by atoms with Crippen molar-refractivity contribution in [2.24, 2.45) is 5.16 Å². The summed E-state index contributed by atoms with van der Waals surface area (Å²) in [4.78, 5) is 16.8. The first kappa shape index (κ1) is 13.9. The number of carbonyl (C=O) groups is 1. The quantitative estimate of drug-likeness (QED) is 0.869. The zero-order chi connectivity index (χ0) is 13.8. The Morgan fingerprint density at radius 3 is 3.00 bits per heavy atom. The van der Waals surface area contributed by atoms with Gasteiger partial charge in [-0.25, -0.2) is 0 Å². The molecule has 1 aromatic rings. The average molecular weight is 299 g/mol. The molecule has 1 atom stereocenters. The van der Waals surface area contributed by atoms with Gasteiger partial charge in [0.1, 0.15) is 0 Å². The molecule has 6 heteroatoms. The number of nitrogens with zero attached hydrogens (tertiary/aromatic N) is 1. The minimum Gasteiger partial charge on any atom is -0.382 e. The minimum atomic E-state index is -0.607. The Hall–Kier alpha value is -1.52. The van der Waals surface area contributed by atoms with Crippen molar-refractivity contribution in [1.82, 2.24) is 5.32 Å². The normalized spacial score (nSPS) is 17.6. The second-order valence-corrected chi connectivity index (χ2v) is 4.81. The molecule has 1 amide bonds. The first-order valence-electron chi connectivity index (χ1n) is 5.68. The van der Waals surface area contributed by atoms with Crippen molar-refractivity contribution in [2.75, 3.05) is 6.54 Å². The van der Waals surface area contributed by atoms with Gasteiger partial charge in [-0.15, -0.1) is 6.58 Å². The Labute approximate surface area is 121 Å². The van der Waals surface area contributed by atoms with Crippen molar-refractivity contribution in [1.29, 1.82) is 0 Å². The molecular formula is C13H12Cl2N2O2. The van der Waals surface area contributed by atoms with Gasteiger partial charge in [-0.2, -0.15) is 0 Å². The number of oxime groups is 1. The Kier molecular flexibility index (Phi) is 4.45. The van der Waals surface area contributed by atoms with Gasteiger partial charge in [-0.1, -0.05) is 40.5 Å². The smallest absolute Gasteiger partial charge is 0.264 e. The summed E-state index contributed by atoms with van der Waals surface area (Å²) >= 11 is 11.8. The molecule has 19 heavy (non-hydrogen) atoms. The fraction of sp³-hybridized carbons (Fsp3) is 0.231. The van der Waals surface area contributed by atoms with Crippen LogP contribution in [-0.4, -0.2) is 24.3 Å². The zero-order valence-corrected chi connectivity index (χ0v) is 11.5. The van der Waals surface area contributed by atoms with Crippen LogP contribution in [0.2, 0.25) is 10.0 Å². The van der Waals surface area contributed by atoms with Gasteiger partial charge >= 0.3 is 0 Å². The van der Waals surface area contributed by atoms with Gasteiger partial charge in [0, 0.05) is 18.5 Å². The van der Waals surface area contributed by atoms with E-state index in [9.17, 15) is 4.79 Å². The minimum absolute atomic E-state index is 0.210. The molecule has 0 saturated heterocycles. The highest BCUT2D eigenvalue weighted by atomic mass is 35.5. The Balaban J connectivity index is 2.03. The van der Waals surface area contributed by atoms with E-state index in [1.807, 2.05) is 0 Å². The van der Waals surface area contributed by atoms with Crippen molar-refractivity contribution in [3.8, 4) is 0 Å². The molecule has 0 aromatic heterocycles. The molecule has 1 aliphatic heterocycles. The second-order valence-electron chi connectivity index (χ2n) is 4.00. The van der Waals surface area contributed by atoms with Gasteiger partial charge < -0.3 is 10.2 Å².